The second-order valence-electron chi connectivity index (χ2n) is 4.62. The Morgan fingerprint density at radius 1 is 1.33 bits per heavy atom. The highest BCUT2D eigenvalue weighted by Gasteiger charge is 2.24. The highest BCUT2D eigenvalue weighted by atomic mass is 32.2. The fourth-order valence-corrected chi connectivity index (χ4v) is 3.49. The highest BCUT2D eigenvalue weighted by Crippen LogP contribution is 2.34. The van der Waals surface area contributed by atoms with Crippen molar-refractivity contribution in [1.82, 2.24) is 10.3 Å². The summed E-state index contributed by atoms with van der Waals surface area (Å²) in [5.74, 6) is 1.02. The van der Waals surface area contributed by atoms with Crippen molar-refractivity contribution in [2.75, 3.05) is 20.0 Å². The topological polar surface area (TPSA) is 98.8 Å². The van der Waals surface area contributed by atoms with E-state index in [1.165, 1.54) is 23.1 Å². The minimum atomic E-state index is -0.210. The molecule has 0 unspecified atom stereocenters. The highest BCUT2D eigenvalue weighted by molar-refractivity contribution is 8.18. The first-order valence-electron chi connectivity index (χ1n) is 6.82. The molecule has 0 radical (unpaired) electrons. The lowest BCUT2D eigenvalue weighted by atomic mass is 10.3. The van der Waals surface area contributed by atoms with Gasteiger partial charge in [0.05, 0.1) is 24.0 Å². The molecule has 7 nitrogen and oxygen atoms in total. The number of aromatic nitrogens is 1. The summed E-state index contributed by atoms with van der Waals surface area (Å²) in [5.41, 5.74) is 6.20. The number of benzene rings is 1. The van der Waals surface area contributed by atoms with E-state index in [0.717, 1.165) is 4.88 Å². The second-order valence-corrected chi connectivity index (χ2v) is 6.74. The third kappa shape index (κ3) is 3.52. The van der Waals surface area contributed by atoms with Gasteiger partial charge in [0.25, 0.3) is 5.91 Å². The van der Waals surface area contributed by atoms with Crippen LogP contribution in [0.2, 0.25) is 0 Å². The summed E-state index contributed by atoms with van der Waals surface area (Å²) in [6.07, 6.45) is 3.37. The molecular weight excluding hydrogens is 348 g/mol. The van der Waals surface area contributed by atoms with E-state index in [-0.39, 0.29) is 5.91 Å². The number of anilines is 1. The molecule has 1 aromatic heterocycles. The Hall–Kier alpha value is -2.52. The average molecular weight is 362 g/mol. The number of amides is 1. The Bertz CT molecular complexity index is 845. The van der Waals surface area contributed by atoms with E-state index in [0.29, 0.717) is 32.4 Å². The van der Waals surface area contributed by atoms with E-state index in [9.17, 15) is 4.79 Å². The van der Waals surface area contributed by atoms with Crippen LogP contribution in [0, 0.1) is 0 Å². The fourth-order valence-electron chi connectivity index (χ4n) is 1.96. The molecule has 1 saturated heterocycles. The number of nitrogens with zero attached hydrogens (tertiary/aromatic N) is 2. The number of amidine groups is 1. The Labute approximate surface area is 146 Å². The van der Waals surface area contributed by atoms with Gasteiger partial charge in [-0.1, -0.05) is 11.3 Å². The molecule has 1 amide bonds. The fraction of sp³-hybridized carbons (Fsp3) is 0.133. The third-order valence-corrected chi connectivity index (χ3v) is 4.76. The molecule has 9 heteroatoms. The van der Waals surface area contributed by atoms with Gasteiger partial charge in [-0.2, -0.15) is 0 Å². The number of nitrogens with one attached hydrogen (secondary N) is 1. The summed E-state index contributed by atoms with van der Waals surface area (Å²) in [5, 5.41) is 3.67. The number of carbonyl (C=O) groups excluding carboxylic acids is 1. The number of nitrogens with two attached hydrogens (primary N) is 1. The lowest BCUT2D eigenvalue weighted by molar-refractivity contribution is -0.115. The van der Waals surface area contributed by atoms with E-state index >= 15 is 0 Å². The first-order valence-corrected chi connectivity index (χ1v) is 8.45. The lowest BCUT2D eigenvalue weighted by Crippen LogP contribution is -2.19. The Kier molecular flexibility index (Phi) is 4.72. The Morgan fingerprint density at radius 3 is 2.83 bits per heavy atom. The molecule has 1 fully saturated rings. The van der Waals surface area contributed by atoms with Crippen LogP contribution in [0.25, 0.3) is 6.08 Å². The van der Waals surface area contributed by atoms with E-state index in [4.69, 9.17) is 15.2 Å². The molecule has 1 aromatic carbocycles. The first-order chi connectivity index (χ1) is 11.6. The van der Waals surface area contributed by atoms with Crippen LogP contribution in [0.3, 0.4) is 0 Å². The minimum Gasteiger partial charge on any atom is -0.497 e. The summed E-state index contributed by atoms with van der Waals surface area (Å²) in [6.45, 7) is 0. The molecule has 0 spiro atoms. The second kappa shape index (κ2) is 6.93. The molecule has 3 N–H and O–H groups in total. The number of hydrogen-bond acceptors (Lipinski definition) is 8. The van der Waals surface area contributed by atoms with Crippen LogP contribution in [0.4, 0.5) is 10.8 Å². The van der Waals surface area contributed by atoms with Gasteiger partial charge in [0.15, 0.2) is 10.3 Å². The standard InChI is InChI=1S/C15H14N4O3S2/c1-21-8-3-4-10(11(5-8)22-2)18-15-19-13(20)12(24-15)6-9-7-17-14(16)23-9/h3-7H,1-2H3,(H2,16,17)(H,18,19,20). The van der Waals surface area contributed by atoms with Crippen molar-refractivity contribution in [3.05, 3.63) is 34.2 Å². The quantitative estimate of drug-likeness (QED) is 0.811. The molecule has 3 rings (SSSR count). The number of aliphatic imine (C=N–C) groups is 1. The predicted molar refractivity (Wildman–Crippen MR) is 96.9 cm³/mol. The monoisotopic (exact) mass is 362 g/mol. The largest absolute Gasteiger partial charge is 0.497 e. The number of thioether (sulfide) groups is 1. The normalized spacial score (nSPS) is 17.3. The maximum Gasteiger partial charge on any atom is 0.264 e. The predicted octanol–water partition coefficient (Wildman–Crippen LogP) is 2.63. The van der Waals surface area contributed by atoms with E-state index in [1.807, 2.05) is 0 Å². The number of carbonyl (C=O) groups is 1. The SMILES string of the molecule is COc1ccc(N=C2NC(=O)C(=Cc3cnc(N)s3)S2)c(OC)c1. The molecule has 1 aliphatic rings. The maximum absolute atomic E-state index is 12.1. The number of ether oxygens (including phenoxy) is 2. The van der Waals surface area contributed by atoms with Crippen molar-refractivity contribution in [2.45, 2.75) is 0 Å². The number of nitrogen functional groups attached to an aromatic ring is 1. The van der Waals surface area contributed by atoms with Crippen LogP contribution in [0.1, 0.15) is 4.88 Å². The van der Waals surface area contributed by atoms with Gasteiger partial charge in [0, 0.05) is 12.3 Å². The minimum absolute atomic E-state index is 0.210. The van der Waals surface area contributed by atoms with Crippen molar-refractivity contribution < 1.29 is 14.3 Å². The van der Waals surface area contributed by atoms with Crippen molar-refractivity contribution in [3.63, 3.8) is 0 Å². The first kappa shape index (κ1) is 16.3. The molecule has 2 aromatic rings. The van der Waals surface area contributed by atoms with Gasteiger partial charge in [-0.25, -0.2) is 9.98 Å². The zero-order chi connectivity index (χ0) is 17.1. The summed E-state index contributed by atoms with van der Waals surface area (Å²) < 4.78 is 10.5. The molecular formula is C15H14N4O3S2. The zero-order valence-corrected chi connectivity index (χ0v) is 14.5. The number of thiazole rings is 1. The van der Waals surface area contributed by atoms with Gasteiger partial charge in [-0.15, -0.1) is 0 Å². The van der Waals surface area contributed by atoms with Gasteiger partial charge < -0.3 is 20.5 Å². The summed E-state index contributed by atoms with van der Waals surface area (Å²) >= 11 is 2.56. The van der Waals surface area contributed by atoms with Crippen LogP contribution in [-0.2, 0) is 4.79 Å². The van der Waals surface area contributed by atoms with Crippen molar-refractivity contribution in [3.8, 4) is 11.5 Å². The van der Waals surface area contributed by atoms with Gasteiger partial charge >= 0.3 is 0 Å². The average Bonchev–Trinajstić information content (AvgIpc) is 3.14. The van der Waals surface area contributed by atoms with E-state index in [1.54, 1.807) is 44.7 Å². The van der Waals surface area contributed by atoms with Crippen LogP contribution < -0.4 is 20.5 Å². The van der Waals surface area contributed by atoms with E-state index in [2.05, 4.69) is 15.3 Å². The van der Waals surface area contributed by atoms with Crippen LogP contribution in [-0.4, -0.2) is 30.3 Å². The Balaban J connectivity index is 1.85. The summed E-state index contributed by atoms with van der Waals surface area (Å²) in [7, 11) is 3.13. The molecule has 2 heterocycles. The van der Waals surface area contributed by atoms with Crippen LogP contribution >= 0.6 is 23.1 Å². The molecule has 0 atom stereocenters. The van der Waals surface area contributed by atoms with Gasteiger partial charge in [-0.3, -0.25) is 4.79 Å². The number of methoxy groups -OCH3 is 2. The van der Waals surface area contributed by atoms with Crippen LogP contribution in [0.15, 0.2) is 34.3 Å². The van der Waals surface area contributed by atoms with Crippen molar-refractivity contribution in [2.24, 2.45) is 4.99 Å². The van der Waals surface area contributed by atoms with Crippen molar-refractivity contribution >= 4 is 51.1 Å². The molecule has 1 aliphatic heterocycles. The smallest absolute Gasteiger partial charge is 0.264 e. The molecule has 124 valence electrons. The molecule has 0 saturated carbocycles. The van der Waals surface area contributed by atoms with Gasteiger partial charge in [0.1, 0.15) is 17.2 Å². The maximum atomic E-state index is 12.1. The number of hydrogen-bond donors (Lipinski definition) is 2. The molecule has 0 bridgehead atoms. The third-order valence-electron chi connectivity index (χ3n) is 3.07. The Morgan fingerprint density at radius 2 is 2.17 bits per heavy atom. The molecule has 0 aliphatic carbocycles. The lowest BCUT2D eigenvalue weighted by Gasteiger charge is -2.07. The van der Waals surface area contributed by atoms with E-state index < -0.39 is 0 Å². The molecule has 24 heavy (non-hydrogen) atoms. The zero-order valence-electron chi connectivity index (χ0n) is 12.9. The van der Waals surface area contributed by atoms with Crippen molar-refractivity contribution in [1.29, 1.82) is 0 Å². The van der Waals surface area contributed by atoms with Gasteiger partial charge in [0.2, 0.25) is 0 Å². The number of rotatable bonds is 4. The van der Waals surface area contributed by atoms with Crippen LogP contribution in [0.5, 0.6) is 11.5 Å². The summed E-state index contributed by atoms with van der Waals surface area (Å²) in [6, 6.07) is 5.28. The van der Waals surface area contributed by atoms with Gasteiger partial charge in [-0.05, 0) is 30.0 Å². The summed E-state index contributed by atoms with van der Waals surface area (Å²) in [4.78, 5) is 21.8.